The van der Waals surface area contributed by atoms with Gasteiger partial charge in [0.25, 0.3) is 17.7 Å². The third-order valence-electron chi connectivity index (χ3n) is 5.16. The quantitative estimate of drug-likeness (QED) is 0.0940. The summed E-state index contributed by atoms with van der Waals surface area (Å²) < 4.78 is 0. The van der Waals surface area contributed by atoms with Crippen LogP contribution in [0.3, 0.4) is 0 Å². The van der Waals surface area contributed by atoms with Crippen LogP contribution in [-0.4, -0.2) is 55.2 Å². The zero-order chi connectivity index (χ0) is 25.0. The van der Waals surface area contributed by atoms with Gasteiger partial charge in [-0.05, 0) is 20.8 Å². The van der Waals surface area contributed by atoms with Gasteiger partial charge in [0.2, 0.25) is 0 Å². The van der Waals surface area contributed by atoms with Crippen LogP contribution in [0.5, 0.6) is 0 Å². The summed E-state index contributed by atoms with van der Waals surface area (Å²) in [5.74, 6) is -1.08. The third-order valence-corrected chi connectivity index (χ3v) is 5.16. The number of hydrogen-bond donors (Lipinski definition) is 9. The lowest BCUT2D eigenvalue weighted by Gasteiger charge is -2.07. The van der Waals surface area contributed by atoms with Crippen LogP contribution in [0.1, 0.15) is 54.8 Å². The summed E-state index contributed by atoms with van der Waals surface area (Å²) in [6.07, 6.45) is 3.17. The summed E-state index contributed by atoms with van der Waals surface area (Å²) in [6.45, 7) is 5.22. The molecule has 15 heteroatoms. The van der Waals surface area contributed by atoms with Crippen LogP contribution in [0.15, 0.2) is 17.5 Å². The number of nitrogens with zero attached hydrogens (tertiary/aromatic N) is 2. The van der Waals surface area contributed by atoms with Gasteiger partial charge in [-0.15, -0.1) is 12.4 Å². The maximum absolute atomic E-state index is 12.8. The molecule has 0 aromatic carbocycles. The third kappa shape index (κ3) is 5.92. The van der Waals surface area contributed by atoms with Crippen molar-refractivity contribution >= 4 is 53.2 Å². The second-order valence-electron chi connectivity index (χ2n) is 7.51. The van der Waals surface area contributed by atoms with Crippen molar-refractivity contribution in [1.29, 1.82) is 0 Å². The first kappa shape index (κ1) is 26.8. The molecule has 11 N–H and O–H groups in total. The largest absolute Gasteiger partial charge is 0.409 e. The molecule has 0 saturated carbocycles. The summed E-state index contributed by atoms with van der Waals surface area (Å²) in [5.41, 5.74) is 14.0. The number of H-pyrrole nitrogens is 3. The molecule has 0 saturated heterocycles. The van der Waals surface area contributed by atoms with Gasteiger partial charge in [0.1, 0.15) is 23.0 Å². The number of imidazole rings is 1. The molecule has 188 valence electrons. The molecule has 3 aromatic heterocycles. The summed E-state index contributed by atoms with van der Waals surface area (Å²) in [7, 11) is 0. The summed E-state index contributed by atoms with van der Waals surface area (Å²) in [6, 6.07) is 0. The van der Waals surface area contributed by atoms with Crippen LogP contribution in [-0.2, 0) is 0 Å². The van der Waals surface area contributed by atoms with Gasteiger partial charge in [0.15, 0.2) is 5.82 Å². The highest BCUT2D eigenvalue weighted by atomic mass is 35.5. The van der Waals surface area contributed by atoms with Gasteiger partial charge in [-0.3, -0.25) is 14.4 Å². The summed E-state index contributed by atoms with van der Waals surface area (Å²) in [5, 5.41) is 19.4. The number of halogens is 1. The van der Waals surface area contributed by atoms with Crippen molar-refractivity contribution in [3.63, 3.8) is 0 Å². The lowest BCUT2D eigenvalue weighted by Crippen LogP contribution is -2.28. The molecular formula is C20H27ClN10O4. The van der Waals surface area contributed by atoms with Gasteiger partial charge in [0, 0.05) is 36.5 Å². The molecule has 3 heterocycles. The van der Waals surface area contributed by atoms with E-state index in [1.807, 2.05) is 0 Å². The van der Waals surface area contributed by atoms with Crippen molar-refractivity contribution < 1.29 is 19.6 Å². The molecule has 3 amide bonds. The topological polar surface area (TPSA) is 232 Å². The second-order valence-corrected chi connectivity index (χ2v) is 7.51. The predicted molar refractivity (Wildman–Crippen MR) is 132 cm³/mol. The molecule has 0 spiro atoms. The zero-order valence-electron chi connectivity index (χ0n) is 19.2. The van der Waals surface area contributed by atoms with E-state index in [0.717, 1.165) is 0 Å². The van der Waals surface area contributed by atoms with Gasteiger partial charge in [0.05, 0.1) is 17.1 Å². The Hall–Kier alpha value is -4.46. The van der Waals surface area contributed by atoms with Crippen molar-refractivity contribution in [3.8, 4) is 0 Å². The average molecular weight is 507 g/mol. The number of carbonyl (C=O) groups is 3. The van der Waals surface area contributed by atoms with Crippen LogP contribution >= 0.6 is 12.4 Å². The number of aryl methyl sites for hydroxylation is 1. The number of hydrogen-bond acceptors (Lipinski definition) is 7. The molecule has 0 unspecified atom stereocenters. The smallest absolute Gasteiger partial charge is 0.291 e. The Morgan fingerprint density at radius 2 is 1.54 bits per heavy atom. The van der Waals surface area contributed by atoms with Crippen molar-refractivity contribution in [2.45, 2.75) is 27.2 Å². The molecule has 35 heavy (non-hydrogen) atoms. The minimum Gasteiger partial charge on any atom is -0.409 e. The molecule has 0 radical (unpaired) electrons. The predicted octanol–water partition coefficient (Wildman–Crippen LogP) is 1.37. The van der Waals surface area contributed by atoms with Crippen molar-refractivity contribution in [1.82, 2.24) is 25.3 Å². The highest BCUT2D eigenvalue weighted by Gasteiger charge is 2.21. The fraction of sp³-hybridized carbons (Fsp3) is 0.250. The van der Waals surface area contributed by atoms with Gasteiger partial charge in [-0.25, -0.2) is 4.98 Å². The molecule has 0 atom stereocenters. The van der Waals surface area contributed by atoms with Crippen molar-refractivity contribution in [2.75, 3.05) is 22.9 Å². The highest BCUT2D eigenvalue weighted by molar-refractivity contribution is 6.08. The molecule has 0 aliphatic heterocycles. The lowest BCUT2D eigenvalue weighted by atomic mass is 10.2. The van der Waals surface area contributed by atoms with E-state index in [4.69, 9.17) is 16.7 Å². The Morgan fingerprint density at radius 1 is 1.00 bits per heavy atom. The number of nitrogens with two attached hydrogens (primary N) is 2. The maximum Gasteiger partial charge on any atom is 0.291 e. The number of amides is 3. The first-order valence-electron chi connectivity index (χ1n) is 10.2. The SMILES string of the molecule is Cc1[nH]c(C(=O)Nc2c[nH]c(C(=O)Nc3c[nH]c(C(=O)NCCC(N)=NO)c3C)c2C)nc1N.Cl. The number of aromatic amines is 3. The minimum atomic E-state index is -0.502. The van der Waals surface area contributed by atoms with Gasteiger partial charge in [-0.1, -0.05) is 5.16 Å². The molecule has 0 aliphatic carbocycles. The Morgan fingerprint density at radius 3 is 2.06 bits per heavy atom. The van der Waals surface area contributed by atoms with E-state index in [-0.39, 0.29) is 54.2 Å². The Labute approximate surface area is 205 Å². The number of nitrogen functional groups attached to an aromatic ring is 1. The van der Waals surface area contributed by atoms with Crippen molar-refractivity contribution in [3.05, 3.63) is 46.4 Å². The molecular weight excluding hydrogens is 480 g/mol. The fourth-order valence-electron chi connectivity index (χ4n) is 3.11. The van der Waals surface area contributed by atoms with Gasteiger partial charge >= 0.3 is 0 Å². The molecule has 14 nitrogen and oxygen atoms in total. The van der Waals surface area contributed by atoms with E-state index >= 15 is 0 Å². The lowest BCUT2D eigenvalue weighted by molar-refractivity contribution is 0.0947. The average Bonchev–Trinajstić information content (AvgIpc) is 3.45. The van der Waals surface area contributed by atoms with Gasteiger partial charge in [-0.2, -0.15) is 0 Å². The van der Waals surface area contributed by atoms with Crippen LogP contribution < -0.4 is 27.4 Å². The zero-order valence-corrected chi connectivity index (χ0v) is 20.0. The number of aromatic nitrogens is 4. The van der Waals surface area contributed by atoms with E-state index in [9.17, 15) is 14.4 Å². The number of amidine groups is 1. The van der Waals surface area contributed by atoms with Crippen molar-refractivity contribution in [2.24, 2.45) is 10.9 Å². The van der Waals surface area contributed by atoms with E-state index in [1.165, 1.54) is 12.4 Å². The molecule has 0 fully saturated rings. The van der Waals surface area contributed by atoms with Gasteiger partial charge < -0.3 is 47.6 Å². The molecule has 3 aromatic rings. The maximum atomic E-state index is 12.8. The molecule has 0 bridgehead atoms. The normalized spacial score (nSPS) is 11.0. The monoisotopic (exact) mass is 506 g/mol. The number of rotatable bonds is 8. The number of nitrogens with one attached hydrogen (secondary N) is 6. The minimum absolute atomic E-state index is 0. The van der Waals surface area contributed by atoms with E-state index < -0.39 is 17.7 Å². The Bertz CT molecular complexity index is 1250. The standard InChI is InChI=1S/C20H26N10O4.ClH/c1-8-11(6-24-14(8)18(31)23-5-4-13(21)30-34)27-19(32)15-9(2)12(7-25-15)28-20(33)17-26-10(3)16(22)29-17;/h6-7,24-25,34H,4-5,22H2,1-3H3,(H2,21,30)(H,23,31)(H,26,29)(H,27,32)(H,28,33);1H. The van der Waals surface area contributed by atoms with Crippen LogP contribution in [0, 0.1) is 20.8 Å². The first-order chi connectivity index (χ1) is 16.1. The number of oxime groups is 1. The summed E-state index contributed by atoms with van der Waals surface area (Å²) in [4.78, 5) is 50.0. The number of carbonyl (C=O) groups excluding carboxylic acids is 3. The Kier molecular flexibility index (Phi) is 8.50. The van der Waals surface area contributed by atoms with Crippen LogP contribution in [0.2, 0.25) is 0 Å². The highest BCUT2D eigenvalue weighted by Crippen LogP contribution is 2.23. The Balaban J connectivity index is 0.00000432. The van der Waals surface area contributed by atoms with E-state index in [2.05, 4.69) is 41.0 Å². The molecule has 0 aliphatic rings. The van der Waals surface area contributed by atoms with Crippen LogP contribution in [0.4, 0.5) is 17.2 Å². The van der Waals surface area contributed by atoms with Crippen LogP contribution in [0.25, 0.3) is 0 Å². The van der Waals surface area contributed by atoms with E-state index in [0.29, 0.717) is 28.2 Å². The van der Waals surface area contributed by atoms with E-state index in [1.54, 1.807) is 20.8 Å². The second kappa shape index (κ2) is 11.1. The summed E-state index contributed by atoms with van der Waals surface area (Å²) >= 11 is 0. The fourth-order valence-corrected chi connectivity index (χ4v) is 3.11. The first-order valence-corrected chi connectivity index (χ1v) is 10.2. The molecule has 3 rings (SSSR count). The number of anilines is 3.